The van der Waals surface area contributed by atoms with Gasteiger partial charge in [-0.1, -0.05) is 24.1 Å². The van der Waals surface area contributed by atoms with Crippen LogP contribution in [0.3, 0.4) is 0 Å². The summed E-state index contributed by atoms with van der Waals surface area (Å²) in [6.45, 7) is 2.19. The van der Waals surface area contributed by atoms with E-state index in [-0.39, 0.29) is 0 Å². The monoisotopic (exact) mass is 277 g/mol. The summed E-state index contributed by atoms with van der Waals surface area (Å²) in [6, 6.07) is 6.74. The van der Waals surface area contributed by atoms with Crippen LogP contribution in [0.2, 0.25) is 5.02 Å². The minimum absolute atomic E-state index is 0.461. The van der Waals surface area contributed by atoms with E-state index in [1.807, 2.05) is 6.07 Å². The molecule has 19 heavy (non-hydrogen) atoms. The van der Waals surface area contributed by atoms with Gasteiger partial charge >= 0.3 is 0 Å². The average molecular weight is 278 g/mol. The Morgan fingerprint density at radius 3 is 2.79 bits per heavy atom. The second kappa shape index (κ2) is 5.46. The van der Waals surface area contributed by atoms with Gasteiger partial charge in [0.25, 0.3) is 0 Å². The molecule has 2 aliphatic rings. The van der Waals surface area contributed by atoms with Gasteiger partial charge in [0.2, 0.25) is 0 Å². The lowest BCUT2D eigenvalue weighted by Gasteiger charge is -2.27. The Morgan fingerprint density at radius 2 is 2.16 bits per heavy atom. The van der Waals surface area contributed by atoms with E-state index in [1.165, 1.54) is 43.2 Å². The van der Waals surface area contributed by atoms with Crippen LogP contribution in [0.4, 0.5) is 0 Å². The highest BCUT2D eigenvalue weighted by Gasteiger charge is 2.40. The van der Waals surface area contributed by atoms with Gasteiger partial charge < -0.3 is 5.32 Å². The summed E-state index contributed by atoms with van der Waals surface area (Å²) >= 11 is 6.17. The van der Waals surface area contributed by atoms with Crippen LogP contribution < -0.4 is 5.32 Å². The highest BCUT2D eigenvalue weighted by Crippen LogP contribution is 2.51. The molecule has 0 radical (unpaired) electrons. The van der Waals surface area contributed by atoms with Crippen LogP contribution in [0, 0.1) is 24.7 Å². The fourth-order valence-corrected chi connectivity index (χ4v) is 4.54. The van der Waals surface area contributed by atoms with Gasteiger partial charge in [-0.15, -0.1) is 0 Å². The van der Waals surface area contributed by atoms with Crippen molar-refractivity contribution in [1.82, 2.24) is 5.32 Å². The lowest BCUT2D eigenvalue weighted by molar-refractivity contribution is 0.284. The zero-order valence-electron chi connectivity index (χ0n) is 12.0. The van der Waals surface area contributed by atoms with Gasteiger partial charge in [0.05, 0.1) is 0 Å². The lowest BCUT2D eigenvalue weighted by atomic mass is 9.82. The van der Waals surface area contributed by atoms with Crippen LogP contribution in [0.25, 0.3) is 0 Å². The Morgan fingerprint density at radius 1 is 1.32 bits per heavy atom. The molecule has 0 heterocycles. The largest absolute Gasteiger partial charge is 0.313 e. The van der Waals surface area contributed by atoms with Crippen molar-refractivity contribution >= 4 is 11.6 Å². The summed E-state index contributed by atoms with van der Waals surface area (Å²) in [7, 11) is 2.08. The third-order valence-electron chi connectivity index (χ3n) is 5.39. The quantitative estimate of drug-likeness (QED) is 0.839. The van der Waals surface area contributed by atoms with Crippen molar-refractivity contribution in [2.45, 2.75) is 45.1 Å². The molecule has 1 N–H and O–H groups in total. The molecule has 0 aliphatic heterocycles. The first-order chi connectivity index (χ1) is 9.17. The summed E-state index contributed by atoms with van der Waals surface area (Å²) in [5.74, 6) is 2.96. The first-order valence-electron chi connectivity index (χ1n) is 7.60. The molecule has 0 amide bonds. The maximum absolute atomic E-state index is 6.17. The maximum atomic E-state index is 6.17. The predicted octanol–water partition coefficient (Wildman–Crippen LogP) is 4.74. The van der Waals surface area contributed by atoms with Crippen molar-refractivity contribution in [2.75, 3.05) is 7.05 Å². The third kappa shape index (κ3) is 2.68. The molecule has 2 saturated carbocycles. The van der Waals surface area contributed by atoms with E-state index in [0.29, 0.717) is 6.04 Å². The summed E-state index contributed by atoms with van der Waals surface area (Å²) in [5, 5.41) is 4.37. The Hall–Kier alpha value is -0.530. The van der Waals surface area contributed by atoms with Gasteiger partial charge in [-0.2, -0.15) is 0 Å². The molecule has 0 saturated heterocycles. The number of rotatable bonds is 4. The van der Waals surface area contributed by atoms with E-state index in [2.05, 4.69) is 31.4 Å². The molecular weight excluding hydrogens is 254 g/mol. The maximum Gasteiger partial charge on any atom is 0.0409 e. The van der Waals surface area contributed by atoms with Crippen LogP contribution in [-0.4, -0.2) is 7.05 Å². The predicted molar refractivity (Wildman–Crippen MR) is 81.5 cm³/mol. The number of nitrogens with one attached hydrogen (secondary N) is 1. The molecule has 1 nitrogen and oxygen atoms in total. The highest BCUT2D eigenvalue weighted by molar-refractivity contribution is 6.30. The Labute approximate surface area is 121 Å². The zero-order valence-corrected chi connectivity index (χ0v) is 12.7. The van der Waals surface area contributed by atoms with Crippen LogP contribution in [0.5, 0.6) is 0 Å². The number of fused-ring (bicyclic) bond motifs is 2. The van der Waals surface area contributed by atoms with Gasteiger partial charge in [0, 0.05) is 11.1 Å². The molecule has 4 atom stereocenters. The van der Waals surface area contributed by atoms with Crippen molar-refractivity contribution in [3.63, 3.8) is 0 Å². The Balaban J connectivity index is 1.75. The molecule has 2 fully saturated rings. The number of hydrogen-bond donors (Lipinski definition) is 1. The Kier molecular flexibility index (Phi) is 3.86. The normalized spacial score (nSPS) is 30.8. The second-order valence-electron chi connectivity index (χ2n) is 6.51. The van der Waals surface area contributed by atoms with Crippen molar-refractivity contribution in [3.05, 3.63) is 34.3 Å². The molecule has 0 spiro atoms. The number of hydrogen-bond acceptors (Lipinski definition) is 1. The summed E-state index contributed by atoms with van der Waals surface area (Å²) in [6.07, 6.45) is 7.19. The first-order valence-corrected chi connectivity index (χ1v) is 7.98. The van der Waals surface area contributed by atoms with Crippen LogP contribution in [0.1, 0.15) is 49.3 Å². The molecule has 0 aromatic heterocycles. The van der Waals surface area contributed by atoms with Crippen LogP contribution in [0.15, 0.2) is 18.2 Å². The van der Waals surface area contributed by atoms with Crippen molar-refractivity contribution in [2.24, 2.45) is 17.8 Å². The van der Waals surface area contributed by atoms with E-state index in [9.17, 15) is 0 Å². The van der Waals surface area contributed by atoms with Crippen molar-refractivity contribution in [3.8, 4) is 0 Å². The van der Waals surface area contributed by atoms with E-state index in [1.54, 1.807) is 0 Å². The Bertz CT molecular complexity index is 457. The molecule has 1 aromatic carbocycles. The number of halogens is 1. The van der Waals surface area contributed by atoms with Crippen molar-refractivity contribution in [1.29, 1.82) is 0 Å². The van der Waals surface area contributed by atoms with Gasteiger partial charge in [-0.25, -0.2) is 0 Å². The van der Waals surface area contributed by atoms with Gasteiger partial charge in [0.15, 0.2) is 0 Å². The topological polar surface area (TPSA) is 12.0 Å². The van der Waals surface area contributed by atoms with Crippen LogP contribution in [-0.2, 0) is 0 Å². The summed E-state index contributed by atoms with van der Waals surface area (Å²) < 4.78 is 0. The van der Waals surface area contributed by atoms with Crippen molar-refractivity contribution < 1.29 is 0 Å². The minimum Gasteiger partial charge on any atom is -0.313 e. The van der Waals surface area contributed by atoms with E-state index >= 15 is 0 Å². The SMILES string of the molecule is CNC(CC1CC2CCC1C2)c1cc(Cl)ccc1C. The third-order valence-corrected chi connectivity index (χ3v) is 5.62. The number of benzene rings is 1. The second-order valence-corrected chi connectivity index (χ2v) is 6.95. The fourth-order valence-electron chi connectivity index (χ4n) is 4.35. The smallest absolute Gasteiger partial charge is 0.0409 e. The molecule has 4 unspecified atom stereocenters. The van der Waals surface area contributed by atoms with Gasteiger partial charge in [-0.05, 0) is 80.7 Å². The van der Waals surface area contributed by atoms with Gasteiger partial charge in [0.1, 0.15) is 0 Å². The molecule has 2 heteroatoms. The first kappa shape index (κ1) is 13.5. The van der Waals surface area contributed by atoms with Gasteiger partial charge in [-0.3, -0.25) is 0 Å². The summed E-state index contributed by atoms with van der Waals surface area (Å²) in [5.41, 5.74) is 2.74. The standard InChI is InChI=1S/C17H24ClN/c1-11-3-6-15(18)10-16(11)17(19-2)9-14-8-12-4-5-13(14)7-12/h3,6,10,12-14,17,19H,4-5,7-9H2,1-2H3. The van der Waals surface area contributed by atoms with E-state index < -0.39 is 0 Å². The number of aryl methyl sites for hydroxylation is 1. The van der Waals surface area contributed by atoms with Crippen LogP contribution >= 0.6 is 11.6 Å². The lowest BCUT2D eigenvalue weighted by Crippen LogP contribution is -2.23. The highest BCUT2D eigenvalue weighted by atomic mass is 35.5. The van der Waals surface area contributed by atoms with E-state index in [0.717, 1.165) is 22.8 Å². The molecular formula is C17H24ClN. The molecule has 3 rings (SSSR count). The molecule has 104 valence electrons. The average Bonchev–Trinajstić information content (AvgIpc) is 3.01. The zero-order chi connectivity index (χ0) is 13.4. The van der Waals surface area contributed by atoms with E-state index in [4.69, 9.17) is 11.6 Å². The molecule has 2 bridgehead atoms. The minimum atomic E-state index is 0.461. The summed E-state index contributed by atoms with van der Waals surface area (Å²) in [4.78, 5) is 0. The molecule has 1 aromatic rings. The molecule has 2 aliphatic carbocycles. The fraction of sp³-hybridized carbons (Fsp3) is 0.647.